The van der Waals surface area contributed by atoms with Gasteiger partial charge in [-0.3, -0.25) is 4.31 Å². The molecule has 0 unspecified atom stereocenters. The molecule has 1 N–H and O–H groups in total. The summed E-state index contributed by atoms with van der Waals surface area (Å²) < 4.78 is 40.4. The normalized spacial score (nSPS) is 14.4. The molecule has 120 valence electrons. The van der Waals surface area contributed by atoms with Crippen molar-refractivity contribution in [3.05, 3.63) is 59.4 Å². The molecule has 1 heterocycles. The van der Waals surface area contributed by atoms with Crippen molar-refractivity contribution in [2.45, 2.75) is 17.7 Å². The van der Waals surface area contributed by atoms with Crippen molar-refractivity contribution < 1.29 is 22.7 Å². The molecular formula is C16H14FNO4S. The number of anilines is 1. The predicted octanol–water partition coefficient (Wildman–Crippen LogP) is 2.67. The number of carbonyl (C=O) groups is 1. The first kappa shape index (κ1) is 15.5. The van der Waals surface area contributed by atoms with Gasteiger partial charge in [-0.1, -0.05) is 18.2 Å². The number of hydrogen-bond acceptors (Lipinski definition) is 3. The summed E-state index contributed by atoms with van der Waals surface area (Å²) in [5.74, 6) is -2.46. The van der Waals surface area contributed by atoms with Gasteiger partial charge in [0.25, 0.3) is 10.0 Å². The van der Waals surface area contributed by atoms with Crippen molar-refractivity contribution in [3.63, 3.8) is 0 Å². The molecule has 0 aliphatic carbocycles. The SMILES string of the molecule is O=C(O)c1cc(S(=O)(=O)N2CCCc3ccccc32)ccc1F. The number of nitrogens with zero attached hydrogens (tertiary/aromatic N) is 1. The summed E-state index contributed by atoms with van der Waals surface area (Å²) in [4.78, 5) is 10.8. The second-order valence-electron chi connectivity index (χ2n) is 5.26. The highest BCUT2D eigenvalue weighted by Crippen LogP contribution is 2.32. The highest BCUT2D eigenvalue weighted by molar-refractivity contribution is 7.92. The Kier molecular flexibility index (Phi) is 3.81. The fourth-order valence-electron chi connectivity index (χ4n) is 2.70. The minimum atomic E-state index is -3.94. The van der Waals surface area contributed by atoms with E-state index >= 15 is 0 Å². The fourth-order valence-corrected chi connectivity index (χ4v) is 4.27. The minimum Gasteiger partial charge on any atom is -0.478 e. The second-order valence-corrected chi connectivity index (χ2v) is 7.12. The summed E-state index contributed by atoms with van der Waals surface area (Å²) in [6, 6.07) is 10.00. The summed E-state index contributed by atoms with van der Waals surface area (Å²) in [6.07, 6.45) is 1.45. The van der Waals surface area contributed by atoms with Gasteiger partial charge in [-0.25, -0.2) is 17.6 Å². The van der Waals surface area contributed by atoms with E-state index in [4.69, 9.17) is 5.11 Å². The Hall–Kier alpha value is -2.41. The van der Waals surface area contributed by atoms with Gasteiger partial charge < -0.3 is 5.11 Å². The van der Waals surface area contributed by atoms with Crippen LogP contribution in [0.3, 0.4) is 0 Å². The van der Waals surface area contributed by atoms with Crippen LogP contribution in [0.25, 0.3) is 0 Å². The van der Waals surface area contributed by atoms with Crippen LogP contribution in [0, 0.1) is 5.82 Å². The molecule has 0 spiro atoms. The number of fused-ring (bicyclic) bond motifs is 1. The van der Waals surface area contributed by atoms with E-state index in [1.807, 2.05) is 12.1 Å². The van der Waals surface area contributed by atoms with Crippen LogP contribution in [0.15, 0.2) is 47.4 Å². The molecule has 5 nitrogen and oxygen atoms in total. The zero-order valence-electron chi connectivity index (χ0n) is 12.1. The van der Waals surface area contributed by atoms with Crippen LogP contribution in [0.5, 0.6) is 0 Å². The highest BCUT2D eigenvalue weighted by atomic mass is 32.2. The van der Waals surface area contributed by atoms with Gasteiger partial charge >= 0.3 is 5.97 Å². The molecular weight excluding hydrogens is 321 g/mol. The molecule has 2 aromatic rings. The van der Waals surface area contributed by atoms with Gasteiger partial charge in [-0.2, -0.15) is 0 Å². The van der Waals surface area contributed by atoms with Gasteiger partial charge in [0.1, 0.15) is 5.82 Å². The van der Waals surface area contributed by atoms with Crippen molar-refractivity contribution in [2.24, 2.45) is 0 Å². The summed E-state index contributed by atoms with van der Waals surface area (Å²) in [7, 11) is -3.94. The molecule has 0 atom stereocenters. The first-order chi connectivity index (χ1) is 10.9. The van der Waals surface area contributed by atoms with E-state index in [2.05, 4.69) is 0 Å². The van der Waals surface area contributed by atoms with Crippen molar-refractivity contribution in [1.82, 2.24) is 0 Å². The number of aromatic carboxylic acids is 1. The second kappa shape index (κ2) is 5.66. The topological polar surface area (TPSA) is 74.7 Å². The fraction of sp³-hybridized carbons (Fsp3) is 0.188. The predicted molar refractivity (Wildman–Crippen MR) is 82.7 cm³/mol. The third kappa shape index (κ3) is 2.68. The van der Waals surface area contributed by atoms with Gasteiger partial charge in [0.15, 0.2) is 0 Å². The van der Waals surface area contributed by atoms with Crippen molar-refractivity contribution in [3.8, 4) is 0 Å². The van der Waals surface area contributed by atoms with Crippen LogP contribution >= 0.6 is 0 Å². The van der Waals surface area contributed by atoms with E-state index in [0.717, 1.165) is 30.2 Å². The third-order valence-electron chi connectivity index (χ3n) is 3.82. The molecule has 0 saturated carbocycles. The van der Waals surface area contributed by atoms with E-state index in [9.17, 15) is 17.6 Å². The van der Waals surface area contributed by atoms with E-state index in [-0.39, 0.29) is 4.90 Å². The van der Waals surface area contributed by atoms with Gasteiger partial charge in [0.2, 0.25) is 0 Å². The van der Waals surface area contributed by atoms with Crippen LogP contribution in [0.2, 0.25) is 0 Å². The molecule has 1 aliphatic rings. The monoisotopic (exact) mass is 335 g/mol. The standard InChI is InChI=1S/C16H14FNO4S/c17-14-8-7-12(10-13(14)16(19)20)23(21,22)18-9-3-5-11-4-1-2-6-15(11)18/h1-2,4,6-8,10H,3,5,9H2,(H,19,20). The van der Waals surface area contributed by atoms with Crippen LogP contribution < -0.4 is 4.31 Å². The number of hydrogen-bond donors (Lipinski definition) is 1. The number of rotatable bonds is 3. The summed E-state index contributed by atoms with van der Waals surface area (Å²) in [6.45, 7) is 0.305. The molecule has 0 radical (unpaired) electrons. The van der Waals surface area contributed by atoms with E-state index in [1.165, 1.54) is 4.31 Å². The number of para-hydroxylation sites is 1. The maximum Gasteiger partial charge on any atom is 0.338 e. The Labute approximate surface area is 133 Å². The van der Waals surface area contributed by atoms with Crippen molar-refractivity contribution in [1.29, 1.82) is 0 Å². The van der Waals surface area contributed by atoms with Crippen LogP contribution in [-0.2, 0) is 16.4 Å². The maximum absolute atomic E-state index is 13.5. The number of sulfonamides is 1. The van der Waals surface area contributed by atoms with Gasteiger partial charge in [-0.05, 0) is 42.7 Å². The van der Waals surface area contributed by atoms with Crippen molar-refractivity contribution in [2.75, 3.05) is 10.8 Å². The summed E-state index contributed by atoms with van der Waals surface area (Å²) in [5, 5.41) is 8.98. The van der Waals surface area contributed by atoms with Gasteiger partial charge in [-0.15, -0.1) is 0 Å². The molecule has 0 aromatic heterocycles. The molecule has 2 aromatic carbocycles. The largest absolute Gasteiger partial charge is 0.478 e. The first-order valence-corrected chi connectivity index (χ1v) is 8.49. The Morgan fingerprint density at radius 2 is 1.91 bits per heavy atom. The van der Waals surface area contributed by atoms with Crippen LogP contribution in [-0.4, -0.2) is 26.0 Å². The molecule has 0 amide bonds. The van der Waals surface area contributed by atoms with Crippen LogP contribution in [0.4, 0.5) is 10.1 Å². The molecule has 23 heavy (non-hydrogen) atoms. The van der Waals surface area contributed by atoms with E-state index in [1.54, 1.807) is 12.1 Å². The molecule has 3 rings (SSSR count). The summed E-state index contributed by atoms with van der Waals surface area (Å²) in [5.41, 5.74) is 0.846. The smallest absolute Gasteiger partial charge is 0.338 e. The zero-order chi connectivity index (χ0) is 16.6. The lowest BCUT2D eigenvalue weighted by atomic mass is 10.0. The molecule has 1 aliphatic heterocycles. The highest BCUT2D eigenvalue weighted by Gasteiger charge is 2.30. The van der Waals surface area contributed by atoms with Crippen LogP contribution in [0.1, 0.15) is 22.3 Å². The molecule has 0 saturated heterocycles. The van der Waals surface area contributed by atoms with Crippen molar-refractivity contribution >= 4 is 21.7 Å². The average Bonchev–Trinajstić information content (AvgIpc) is 2.54. The van der Waals surface area contributed by atoms with E-state index in [0.29, 0.717) is 18.7 Å². The Balaban J connectivity index is 2.10. The first-order valence-electron chi connectivity index (χ1n) is 7.05. The minimum absolute atomic E-state index is 0.229. The van der Waals surface area contributed by atoms with Gasteiger partial charge in [0, 0.05) is 6.54 Å². The average molecular weight is 335 g/mol. The number of aryl methyl sites for hydroxylation is 1. The maximum atomic E-state index is 13.5. The quantitative estimate of drug-likeness (QED) is 0.936. The van der Waals surface area contributed by atoms with E-state index < -0.39 is 27.4 Å². The number of carboxylic acid groups (broad SMARTS) is 1. The Morgan fingerprint density at radius 1 is 1.17 bits per heavy atom. The number of carboxylic acids is 1. The number of benzene rings is 2. The molecule has 7 heteroatoms. The number of halogens is 1. The molecule has 0 fully saturated rings. The molecule has 0 bridgehead atoms. The Bertz CT molecular complexity index is 879. The summed E-state index contributed by atoms with van der Waals surface area (Å²) >= 11 is 0. The lowest BCUT2D eigenvalue weighted by Crippen LogP contribution is -2.35. The lowest BCUT2D eigenvalue weighted by molar-refractivity contribution is 0.0691. The third-order valence-corrected chi connectivity index (χ3v) is 5.63. The Morgan fingerprint density at radius 3 is 2.65 bits per heavy atom. The zero-order valence-corrected chi connectivity index (χ0v) is 12.9. The lowest BCUT2D eigenvalue weighted by Gasteiger charge is -2.30. The van der Waals surface area contributed by atoms with Gasteiger partial charge in [0.05, 0.1) is 16.1 Å².